The summed E-state index contributed by atoms with van der Waals surface area (Å²) >= 11 is 3.43. The average Bonchev–Trinajstić information content (AvgIpc) is 2.64. The molecule has 2 atom stereocenters. The molecular formula is C14H21BrN2. The Morgan fingerprint density at radius 1 is 1.53 bits per heavy atom. The summed E-state index contributed by atoms with van der Waals surface area (Å²) in [4.78, 5) is 4.49. The van der Waals surface area contributed by atoms with E-state index in [0.29, 0.717) is 11.5 Å². The van der Waals surface area contributed by atoms with E-state index in [0.717, 1.165) is 17.4 Å². The zero-order chi connectivity index (χ0) is 12.3. The van der Waals surface area contributed by atoms with Crippen molar-refractivity contribution < 1.29 is 0 Å². The van der Waals surface area contributed by atoms with E-state index in [-0.39, 0.29) is 0 Å². The molecule has 17 heavy (non-hydrogen) atoms. The third kappa shape index (κ3) is 3.52. The lowest BCUT2D eigenvalue weighted by molar-refractivity contribution is 0.319. The lowest BCUT2D eigenvalue weighted by atomic mass is 9.83. The fraction of sp³-hybridized carbons (Fsp3) is 0.643. The van der Waals surface area contributed by atoms with Crippen LogP contribution in [0.4, 0.5) is 0 Å². The van der Waals surface area contributed by atoms with E-state index < -0.39 is 0 Å². The van der Waals surface area contributed by atoms with Crippen LogP contribution in [0.25, 0.3) is 0 Å². The molecule has 1 heterocycles. The molecule has 1 aromatic heterocycles. The number of halogens is 1. The van der Waals surface area contributed by atoms with Gasteiger partial charge in [0.05, 0.1) is 0 Å². The minimum absolute atomic E-state index is 0.424. The summed E-state index contributed by atoms with van der Waals surface area (Å²) in [6.45, 7) is 5.66. The Balaban J connectivity index is 1.96. The molecule has 3 heteroatoms. The molecule has 2 nitrogen and oxygen atoms in total. The predicted molar refractivity (Wildman–Crippen MR) is 75.1 cm³/mol. The number of hydrogen-bond donors (Lipinski definition) is 1. The van der Waals surface area contributed by atoms with Crippen LogP contribution in [0.3, 0.4) is 0 Å². The zero-order valence-corrected chi connectivity index (χ0v) is 12.3. The molecule has 0 radical (unpaired) electrons. The van der Waals surface area contributed by atoms with Gasteiger partial charge in [-0.1, -0.05) is 13.8 Å². The molecule has 1 fully saturated rings. The van der Waals surface area contributed by atoms with Gasteiger partial charge in [0.2, 0.25) is 0 Å². The van der Waals surface area contributed by atoms with E-state index in [4.69, 9.17) is 0 Å². The molecule has 1 aliphatic carbocycles. The Morgan fingerprint density at radius 3 is 3.00 bits per heavy atom. The van der Waals surface area contributed by atoms with E-state index in [9.17, 15) is 0 Å². The smallest absolute Gasteiger partial charge is 0.0413 e. The highest BCUT2D eigenvalue weighted by molar-refractivity contribution is 9.10. The van der Waals surface area contributed by atoms with Crippen molar-refractivity contribution in [2.75, 3.05) is 6.54 Å². The van der Waals surface area contributed by atoms with Crippen LogP contribution in [0.5, 0.6) is 0 Å². The van der Waals surface area contributed by atoms with Gasteiger partial charge in [0.1, 0.15) is 0 Å². The Kier molecular flexibility index (Phi) is 4.21. The van der Waals surface area contributed by atoms with Gasteiger partial charge < -0.3 is 5.32 Å². The summed E-state index contributed by atoms with van der Waals surface area (Å²) in [5, 5.41) is 3.57. The molecule has 0 aromatic carbocycles. The molecule has 0 aliphatic heterocycles. The molecule has 0 saturated heterocycles. The van der Waals surface area contributed by atoms with Crippen LogP contribution in [0.1, 0.15) is 38.8 Å². The molecule has 0 spiro atoms. The number of nitrogens with zero attached hydrogens (tertiary/aromatic N) is 1. The summed E-state index contributed by atoms with van der Waals surface area (Å²) in [5.74, 6) is 0. The summed E-state index contributed by atoms with van der Waals surface area (Å²) < 4.78 is 1.06. The molecule has 2 rings (SSSR count). The quantitative estimate of drug-likeness (QED) is 0.919. The van der Waals surface area contributed by atoms with Gasteiger partial charge in [-0.05, 0) is 65.7 Å². The molecule has 1 N–H and O–H groups in total. The second kappa shape index (κ2) is 5.49. The maximum absolute atomic E-state index is 4.49. The van der Waals surface area contributed by atoms with E-state index in [1.165, 1.54) is 25.0 Å². The lowest BCUT2D eigenvalue weighted by Gasteiger charge is -2.24. The van der Waals surface area contributed by atoms with Crippen LogP contribution in [0.15, 0.2) is 22.8 Å². The van der Waals surface area contributed by atoms with Crippen LogP contribution in [0.2, 0.25) is 0 Å². The van der Waals surface area contributed by atoms with Gasteiger partial charge >= 0.3 is 0 Å². The standard InChI is InChI=1S/C14H21BrN2/c1-3-16-13-6-7-14(2,9-13)8-12-5-4-11(15)10-17-12/h4-5,10,13,16H,3,6-9H2,1-2H3. The first-order chi connectivity index (χ1) is 8.11. The molecule has 1 saturated carbocycles. The monoisotopic (exact) mass is 296 g/mol. The predicted octanol–water partition coefficient (Wildman–Crippen LogP) is 3.55. The molecule has 0 amide bonds. The first-order valence-electron chi connectivity index (χ1n) is 6.45. The van der Waals surface area contributed by atoms with Crippen molar-refractivity contribution in [2.24, 2.45) is 5.41 Å². The highest BCUT2D eigenvalue weighted by atomic mass is 79.9. The van der Waals surface area contributed by atoms with Gasteiger partial charge in [-0.2, -0.15) is 0 Å². The SMILES string of the molecule is CCNC1CCC(C)(Cc2ccc(Br)cn2)C1. The summed E-state index contributed by atoms with van der Waals surface area (Å²) in [6.07, 6.45) is 6.89. The van der Waals surface area contributed by atoms with Crippen LogP contribution in [-0.2, 0) is 6.42 Å². The van der Waals surface area contributed by atoms with Crippen molar-refractivity contribution >= 4 is 15.9 Å². The number of pyridine rings is 1. The Morgan fingerprint density at radius 2 is 2.35 bits per heavy atom. The number of hydrogen-bond acceptors (Lipinski definition) is 2. The first kappa shape index (κ1) is 13.0. The molecule has 94 valence electrons. The van der Waals surface area contributed by atoms with E-state index in [1.807, 2.05) is 6.20 Å². The number of rotatable bonds is 4. The largest absolute Gasteiger partial charge is 0.314 e. The minimum atomic E-state index is 0.424. The van der Waals surface area contributed by atoms with E-state index in [1.54, 1.807) is 0 Å². The summed E-state index contributed by atoms with van der Waals surface area (Å²) in [5.41, 5.74) is 1.64. The number of nitrogens with one attached hydrogen (secondary N) is 1. The lowest BCUT2D eigenvalue weighted by Crippen LogP contribution is -2.28. The van der Waals surface area contributed by atoms with Gasteiger partial charge in [-0.15, -0.1) is 0 Å². The molecule has 0 bridgehead atoms. The first-order valence-corrected chi connectivity index (χ1v) is 7.24. The van der Waals surface area contributed by atoms with Crippen molar-refractivity contribution in [1.82, 2.24) is 10.3 Å². The maximum atomic E-state index is 4.49. The van der Waals surface area contributed by atoms with E-state index in [2.05, 4.69) is 52.2 Å². The molecule has 2 unspecified atom stereocenters. The van der Waals surface area contributed by atoms with Crippen LogP contribution in [0, 0.1) is 5.41 Å². The van der Waals surface area contributed by atoms with Gasteiger partial charge in [-0.25, -0.2) is 0 Å². The fourth-order valence-electron chi connectivity index (χ4n) is 2.89. The Labute approximate surface area is 112 Å². The fourth-order valence-corrected chi connectivity index (χ4v) is 3.13. The van der Waals surface area contributed by atoms with Crippen LogP contribution < -0.4 is 5.32 Å². The number of aromatic nitrogens is 1. The van der Waals surface area contributed by atoms with Crippen molar-refractivity contribution in [3.63, 3.8) is 0 Å². The second-order valence-electron chi connectivity index (χ2n) is 5.45. The maximum Gasteiger partial charge on any atom is 0.0413 e. The Hall–Kier alpha value is -0.410. The zero-order valence-electron chi connectivity index (χ0n) is 10.7. The Bertz CT molecular complexity index is 363. The topological polar surface area (TPSA) is 24.9 Å². The van der Waals surface area contributed by atoms with Gasteiger partial charge in [0, 0.05) is 22.4 Å². The minimum Gasteiger partial charge on any atom is -0.314 e. The highest BCUT2D eigenvalue weighted by Gasteiger charge is 2.34. The van der Waals surface area contributed by atoms with Crippen molar-refractivity contribution in [1.29, 1.82) is 0 Å². The molecule has 1 aromatic rings. The molecular weight excluding hydrogens is 276 g/mol. The second-order valence-corrected chi connectivity index (χ2v) is 6.37. The summed E-state index contributed by atoms with van der Waals surface area (Å²) in [6, 6.07) is 4.93. The normalized spacial score (nSPS) is 28.5. The van der Waals surface area contributed by atoms with Gasteiger partial charge in [0.25, 0.3) is 0 Å². The summed E-state index contributed by atoms with van der Waals surface area (Å²) in [7, 11) is 0. The van der Waals surface area contributed by atoms with Crippen molar-refractivity contribution in [3.05, 3.63) is 28.5 Å². The van der Waals surface area contributed by atoms with Crippen molar-refractivity contribution in [3.8, 4) is 0 Å². The molecule has 1 aliphatic rings. The van der Waals surface area contributed by atoms with Gasteiger partial charge in [-0.3, -0.25) is 4.98 Å². The highest BCUT2D eigenvalue weighted by Crippen LogP contribution is 2.40. The van der Waals surface area contributed by atoms with Crippen LogP contribution >= 0.6 is 15.9 Å². The third-order valence-corrected chi connectivity index (χ3v) is 4.19. The van der Waals surface area contributed by atoms with Crippen molar-refractivity contribution in [2.45, 2.75) is 45.6 Å². The van der Waals surface area contributed by atoms with Gasteiger partial charge in [0.15, 0.2) is 0 Å². The van der Waals surface area contributed by atoms with Crippen LogP contribution in [-0.4, -0.2) is 17.6 Å². The van der Waals surface area contributed by atoms with E-state index >= 15 is 0 Å². The average molecular weight is 297 g/mol. The third-order valence-electron chi connectivity index (χ3n) is 3.72.